The van der Waals surface area contributed by atoms with Crippen LogP contribution in [0.25, 0.3) is 0 Å². The Hall–Kier alpha value is -0.570. The molecule has 0 aromatic carbocycles. The number of aliphatic carboxylic acids is 1. The van der Waals surface area contributed by atoms with Gasteiger partial charge in [0, 0.05) is 18.6 Å². The average Bonchev–Trinajstić information content (AvgIpc) is 2.21. The lowest BCUT2D eigenvalue weighted by molar-refractivity contribution is -0.156. The molecule has 1 spiro atoms. The molecule has 96 valence electrons. The van der Waals surface area contributed by atoms with E-state index in [1.54, 1.807) is 0 Å². The maximum absolute atomic E-state index is 11.0. The Morgan fingerprint density at radius 3 is 2.12 bits per heavy atom. The number of carboxylic acids is 1. The van der Waals surface area contributed by atoms with E-state index in [-0.39, 0.29) is 5.54 Å². The molecule has 0 amide bonds. The summed E-state index contributed by atoms with van der Waals surface area (Å²) in [5.41, 5.74) is 0.633. The molecule has 0 aromatic heterocycles. The number of rotatable bonds is 3. The van der Waals surface area contributed by atoms with Gasteiger partial charge in [-0.25, -0.2) is 0 Å². The quantitative estimate of drug-likeness (QED) is 0.820. The minimum atomic E-state index is -0.616. The minimum Gasteiger partial charge on any atom is -0.481 e. The highest BCUT2D eigenvalue weighted by atomic mass is 16.4. The Balaban J connectivity index is 1.61. The summed E-state index contributed by atoms with van der Waals surface area (Å²) in [5, 5.41) is 9.06. The lowest BCUT2D eigenvalue weighted by atomic mass is 9.63. The van der Waals surface area contributed by atoms with Crippen LogP contribution < -0.4 is 0 Å². The van der Waals surface area contributed by atoms with E-state index < -0.39 is 5.97 Å². The molecule has 3 rings (SSSR count). The van der Waals surface area contributed by atoms with Crippen molar-refractivity contribution in [3.05, 3.63) is 0 Å². The zero-order valence-corrected chi connectivity index (χ0v) is 10.6. The van der Waals surface area contributed by atoms with Gasteiger partial charge in [-0.2, -0.15) is 0 Å². The maximum Gasteiger partial charge on any atom is 0.305 e. The van der Waals surface area contributed by atoms with Crippen LogP contribution in [0, 0.1) is 5.41 Å². The second-order valence-electron chi connectivity index (χ2n) is 6.57. The SMILES string of the molecule is O=C(O)CC1(N2CC3(CCCCC3)C2)CCC1. The third-order valence-electron chi connectivity index (χ3n) is 5.40. The Morgan fingerprint density at radius 2 is 1.65 bits per heavy atom. The van der Waals surface area contributed by atoms with E-state index >= 15 is 0 Å². The summed E-state index contributed by atoms with van der Waals surface area (Å²) in [6, 6.07) is 0. The number of carboxylic acid groups (broad SMARTS) is 1. The molecule has 3 aliphatic rings. The molecular weight excluding hydrogens is 214 g/mol. The molecule has 1 heterocycles. The van der Waals surface area contributed by atoms with Crippen LogP contribution in [0.15, 0.2) is 0 Å². The van der Waals surface area contributed by atoms with Crippen molar-refractivity contribution in [2.45, 2.75) is 63.3 Å². The lowest BCUT2D eigenvalue weighted by Gasteiger charge is -2.62. The standard InChI is InChI=1S/C14H23NO2/c16-12(17)9-14(7-4-8-14)15-10-13(11-15)5-2-1-3-6-13/h1-11H2,(H,16,17). The fourth-order valence-electron chi connectivity index (χ4n) is 4.19. The van der Waals surface area contributed by atoms with Gasteiger partial charge in [-0.3, -0.25) is 9.69 Å². The van der Waals surface area contributed by atoms with Gasteiger partial charge in [0.05, 0.1) is 6.42 Å². The third-order valence-corrected chi connectivity index (χ3v) is 5.40. The number of hydrogen-bond acceptors (Lipinski definition) is 2. The Bertz CT molecular complexity index is 308. The van der Waals surface area contributed by atoms with Crippen molar-refractivity contribution in [1.29, 1.82) is 0 Å². The fourth-order valence-corrected chi connectivity index (χ4v) is 4.19. The van der Waals surface area contributed by atoms with Gasteiger partial charge in [0.1, 0.15) is 0 Å². The first-order valence-electron chi connectivity index (χ1n) is 7.11. The van der Waals surface area contributed by atoms with Crippen molar-refractivity contribution >= 4 is 5.97 Å². The van der Waals surface area contributed by atoms with Gasteiger partial charge < -0.3 is 5.11 Å². The van der Waals surface area contributed by atoms with E-state index in [4.69, 9.17) is 5.11 Å². The summed E-state index contributed by atoms with van der Waals surface area (Å²) in [4.78, 5) is 13.5. The molecule has 1 saturated heterocycles. The van der Waals surface area contributed by atoms with E-state index in [1.807, 2.05) is 0 Å². The van der Waals surface area contributed by atoms with Crippen molar-refractivity contribution in [3.63, 3.8) is 0 Å². The predicted octanol–water partition coefficient (Wildman–Crippen LogP) is 2.65. The maximum atomic E-state index is 11.0. The third kappa shape index (κ3) is 1.88. The van der Waals surface area contributed by atoms with Crippen LogP contribution in [0.5, 0.6) is 0 Å². The second kappa shape index (κ2) is 3.98. The molecule has 3 nitrogen and oxygen atoms in total. The molecule has 1 N–H and O–H groups in total. The van der Waals surface area contributed by atoms with E-state index in [1.165, 1.54) is 51.6 Å². The van der Waals surface area contributed by atoms with Crippen molar-refractivity contribution in [2.24, 2.45) is 5.41 Å². The van der Waals surface area contributed by atoms with Crippen LogP contribution in [0.3, 0.4) is 0 Å². The molecule has 0 atom stereocenters. The first kappa shape index (κ1) is 11.5. The first-order valence-corrected chi connectivity index (χ1v) is 7.11. The van der Waals surface area contributed by atoms with Gasteiger partial charge in [-0.05, 0) is 37.5 Å². The predicted molar refractivity (Wildman–Crippen MR) is 65.9 cm³/mol. The lowest BCUT2D eigenvalue weighted by Crippen LogP contribution is -2.68. The highest BCUT2D eigenvalue weighted by Gasteiger charge is 2.54. The summed E-state index contributed by atoms with van der Waals surface area (Å²) < 4.78 is 0. The van der Waals surface area contributed by atoms with Crippen molar-refractivity contribution in [1.82, 2.24) is 4.90 Å². The Labute approximate surface area is 103 Å². The normalized spacial score (nSPS) is 30.6. The number of carbonyl (C=O) groups is 1. The van der Waals surface area contributed by atoms with Gasteiger partial charge in [0.2, 0.25) is 0 Å². The van der Waals surface area contributed by atoms with Gasteiger partial charge >= 0.3 is 5.97 Å². The smallest absolute Gasteiger partial charge is 0.305 e. The summed E-state index contributed by atoms with van der Waals surface area (Å²) >= 11 is 0. The van der Waals surface area contributed by atoms with E-state index in [0.29, 0.717) is 11.8 Å². The fraction of sp³-hybridized carbons (Fsp3) is 0.929. The molecule has 2 saturated carbocycles. The second-order valence-corrected chi connectivity index (χ2v) is 6.57. The molecule has 17 heavy (non-hydrogen) atoms. The van der Waals surface area contributed by atoms with Crippen molar-refractivity contribution in [3.8, 4) is 0 Å². The number of likely N-dealkylation sites (tertiary alicyclic amines) is 1. The van der Waals surface area contributed by atoms with Crippen LogP contribution in [-0.4, -0.2) is 34.6 Å². The van der Waals surface area contributed by atoms with Gasteiger partial charge in [0.15, 0.2) is 0 Å². The molecule has 0 radical (unpaired) electrons. The molecule has 2 aliphatic carbocycles. The van der Waals surface area contributed by atoms with Crippen LogP contribution in [-0.2, 0) is 4.79 Å². The average molecular weight is 237 g/mol. The molecule has 0 bridgehead atoms. The molecule has 0 unspecified atom stereocenters. The van der Waals surface area contributed by atoms with Crippen LogP contribution in [0.1, 0.15) is 57.8 Å². The largest absolute Gasteiger partial charge is 0.481 e. The molecule has 3 fully saturated rings. The highest BCUT2D eigenvalue weighted by Crippen LogP contribution is 2.51. The van der Waals surface area contributed by atoms with Gasteiger partial charge in [0.25, 0.3) is 0 Å². The van der Waals surface area contributed by atoms with Crippen LogP contribution >= 0.6 is 0 Å². The van der Waals surface area contributed by atoms with Crippen LogP contribution in [0.4, 0.5) is 0 Å². The van der Waals surface area contributed by atoms with Crippen molar-refractivity contribution in [2.75, 3.05) is 13.1 Å². The van der Waals surface area contributed by atoms with Gasteiger partial charge in [-0.15, -0.1) is 0 Å². The topological polar surface area (TPSA) is 40.5 Å². The molecule has 1 aliphatic heterocycles. The number of hydrogen-bond donors (Lipinski definition) is 1. The minimum absolute atomic E-state index is 0.0501. The molecule has 0 aromatic rings. The molecular formula is C14H23NO2. The van der Waals surface area contributed by atoms with Crippen molar-refractivity contribution < 1.29 is 9.90 Å². The number of nitrogens with zero attached hydrogens (tertiary/aromatic N) is 1. The summed E-state index contributed by atoms with van der Waals surface area (Å²) in [6.07, 6.45) is 10.7. The van der Waals surface area contributed by atoms with Gasteiger partial charge in [-0.1, -0.05) is 19.3 Å². The first-order chi connectivity index (χ1) is 8.14. The summed E-state index contributed by atoms with van der Waals surface area (Å²) in [7, 11) is 0. The van der Waals surface area contributed by atoms with E-state index in [9.17, 15) is 4.79 Å². The van der Waals surface area contributed by atoms with E-state index in [2.05, 4.69) is 4.90 Å². The monoisotopic (exact) mass is 237 g/mol. The Kier molecular flexibility index (Phi) is 2.69. The van der Waals surface area contributed by atoms with E-state index in [0.717, 1.165) is 12.8 Å². The summed E-state index contributed by atoms with van der Waals surface area (Å²) in [6.45, 7) is 2.36. The van der Waals surface area contributed by atoms with Crippen LogP contribution in [0.2, 0.25) is 0 Å². The molecule has 3 heteroatoms. The summed E-state index contributed by atoms with van der Waals surface area (Å²) in [5.74, 6) is -0.616. The Morgan fingerprint density at radius 1 is 1.00 bits per heavy atom. The zero-order valence-electron chi connectivity index (χ0n) is 10.6. The highest BCUT2D eigenvalue weighted by molar-refractivity contribution is 5.68. The zero-order chi connectivity index (χ0) is 11.9.